The molecule has 1 amide bonds. The van der Waals surface area contributed by atoms with Gasteiger partial charge in [0, 0.05) is 30.3 Å². The van der Waals surface area contributed by atoms with Gasteiger partial charge in [-0.15, -0.1) is 21.5 Å². The van der Waals surface area contributed by atoms with Crippen LogP contribution in [0.25, 0.3) is 11.5 Å². The molecule has 1 aromatic carbocycles. The monoisotopic (exact) mass is 355 g/mol. The lowest BCUT2D eigenvalue weighted by molar-refractivity contribution is -0.131. The SMILES string of the molecule is Cc1ccc(-c2nnc(CCC(=O)N(C)C(C)c3cccs3)o2)cc1. The fourth-order valence-corrected chi connectivity index (χ4v) is 3.32. The Morgan fingerprint density at radius 1 is 1.24 bits per heavy atom. The first-order valence-electron chi connectivity index (χ1n) is 8.23. The van der Waals surface area contributed by atoms with Crippen LogP contribution in [0.4, 0.5) is 0 Å². The molecular formula is C19H21N3O2S. The van der Waals surface area contributed by atoms with Crippen LogP contribution >= 0.6 is 11.3 Å². The lowest BCUT2D eigenvalue weighted by Crippen LogP contribution is -2.29. The van der Waals surface area contributed by atoms with Crippen LogP contribution in [0.2, 0.25) is 0 Å². The van der Waals surface area contributed by atoms with Crippen molar-refractivity contribution in [1.29, 1.82) is 0 Å². The third-order valence-electron chi connectivity index (χ3n) is 4.25. The summed E-state index contributed by atoms with van der Waals surface area (Å²) >= 11 is 1.66. The molecule has 5 nitrogen and oxygen atoms in total. The summed E-state index contributed by atoms with van der Waals surface area (Å²) in [6, 6.07) is 12.0. The Kier molecular flexibility index (Phi) is 5.28. The molecule has 0 bridgehead atoms. The molecule has 3 aromatic rings. The van der Waals surface area contributed by atoms with E-state index in [1.165, 1.54) is 10.4 Å². The van der Waals surface area contributed by atoms with Crippen molar-refractivity contribution in [3.8, 4) is 11.5 Å². The summed E-state index contributed by atoms with van der Waals surface area (Å²) in [4.78, 5) is 15.4. The highest BCUT2D eigenvalue weighted by Crippen LogP contribution is 2.24. The van der Waals surface area contributed by atoms with E-state index >= 15 is 0 Å². The van der Waals surface area contributed by atoms with E-state index in [1.54, 1.807) is 16.2 Å². The molecule has 0 saturated carbocycles. The van der Waals surface area contributed by atoms with Crippen molar-refractivity contribution in [2.45, 2.75) is 32.7 Å². The summed E-state index contributed by atoms with van der Waals surface area (Å²) < 4.78 is 5.68. The molecule has 6 heteroatoms. The van der Waals surface area contributed by atoms with Crippen molar-refractivity contribution in [2.75, 3.05) is 7.05 Å². The number of amides is 1. The quantitative estimate of drug-likeness (QED) is 0.663. The molecular weight excluding hydrogens is 334 g/mol. The standard InChI is InChI=1S/C19H21N3O2S/c1-13-6-8-15(9-7-13)19-21-20-17(24-19)10-11-18(23)22(3)14(2)16-5-4-12-25-16/h4-9,12,14H,10-11H2,1-3H3. The number of hydrogen-bond acceptors (Lipinski definition) is 5. The zero-order chi connectivity index (χ0) is 17.8. The van der Waals surface area contributed by atoms with E-state index in [1.807, 2.05) is 62.7 Å². The number of hydrogen-bond donors (Lipinski definition) is 0. The Hall–Kier alpha value is -2.47. The Bertz CT molecular complexity index is 825. The number of aromatic nitrogens is 2. The van der Waals surface area contributed by atoms with Crippen LogP contribution < -0.4 is 0 Å². The predicted molar refractivity (Wildman–Crippen MR) is 98.3 cm³/mol. The van der Waals surface area contributed by atoms with E-state index in [-0.39, 0.29) is 11.9 Å². The zero-order valence-electron chi connectivity index (χ0n) is 14.6. The number of carbonyl (C=O) groups excluding carboxylic acids is 1. The molecule has 0 radical (unpaired) electrons. The minimum absolute atomic E-state index is 0.0657. The molecule has 0 aliphatic heterocycles. The summed E-state index contributed by atoms with van der Waals surface area (Å²) in [6.45, 7) is 4.06. The molecule has 0 fully saturated rings. The molecule has 2 aromatic heterocycles. The summed E-state index contributed by atoms with van der Waals surface area (Å²) in [7, 11) is 1.83. The van der Waals surface area contributed by atoms with Gasteiger partial charge in [-0.25, -0.2) is 0 Å². The average molecular weight is 355 g/mol. The van der Waals surface area contributed by atoms with Crippen LogP contribution in [-0.2, 0) is 11.2 Å². The molecule has 0 aliphatic rings. The Morgan fingerprint density at radius 2 is 2.00 bits per heavy atom. The number of nitrogens with zero attached hydrogens (tertiary/aromatic N) is 3. The first-order chi connectivity index (χ1) is 12.0. The number of thiophene rings is 1. The molecule has 0 spiro atoms. The van der Waals surface area contributed by atoms with Crippen molar-refractivity contribution in [2.24, 2.45) is 0 Å². The lowest BCUT2D eigenvalue weighted by atomic mass is 10.1. The summed E-state index contributed by atoms with van der Waals surface area (Å²) in [5.41, 5.74) is 2.07. The smallest absolute Gasteiger partial charge is 0.247 e. The van der Waals surface area contributed by atoms with Gasteiger partial charge in [0.05, 0.1) is 6.04 Å². The van der Waals surface area contributed by atoms with Crippen LogP contribution in [0.1, 0.15) is 35.7 Å². The molecule has 2 heterocycles. The Morgan fingerprint density at radius 3 is 2.68 bits per heavy atom. The highest BCUT2D eigenvalue weighted by atomic mass is 32.1. The van der Waals surface area contributed by atoms with Gasteiger partial charge in [-0.3, -0.25) is 4.79 Å². The molecule has 130 valence electrons. The Balaban J connectivity index is 1.58. The molecule has 0 aliphatic carbocycles. The first-order valence-corrected chi connectivity index (χ1v) is 9.11. The molecule has 0 saturated heterocycles. The van der Waals surface area contributed by atoms with Crippen molar-refractivity contribution >= 4 is 17.2 Å². The van der Waals surface area contributed by atoms with Gasteiger partial charge >= 0.3 is 0 Å². The normalized spacial score (nSPS) is 12.1. The van der Waals surface area contributed by atoms with Gasteiger partial charge < -0.3 is 9.32 Å². The first kappa shape index (κ1) is 17.4. The molecule has 25 heavy (non-hydrogen) atoms. The highest BCUT2D eigenvalue weighted by molar-refractivity contribution is 7.10. The Labute approximate surface area is 151 Å². The van der Waals surface area contributed by atoms with E-state index in [0.717, 1.165) is 5.56 Å². The van der Waals surface area contributed by atoms with Crippen LogP contribution in [-0.4, -0.2) is 28.1 Å². The maximum atomic E-state index is 12.4. The summed E-state index contributed by atoms with van der Waals surface area (Å²) in [5.74, 6) is 1.04. The van der Waals surface area contributed by atoms with Gasteiger partial charge in [-0.1, -0.05) is 23.8 Å². The van der Waals surface area contributed by atoms with Crippen molar-refractivity contribution in [3.05, 3.63) is 58.1 Å². The van der Waals surface area contributed by atoms with Crippen molar-refractivity contribution in [3.63, 3.8) is 0 Å². The van der Waals surface area contributed by atoms with Gasteiger partial charge in [-0.05, 0) is 37.4 Å². The second-order valence-corrected chi connectivity index (χ2v) is 7.04. The van der Waals surface area contributed by atoms with E-state index in [2.05, 4.69) is 10.2 Å². The number of benzene rings is 1. The second kappa shape index (κ2) is 7.61. The van der Waals surface area contributed by atoms with Crippen LogP contribution in [0.15, 0.2) is 46.2 Å². The van der Waals surface area contributed by atoms with Crippen molar-refractivity contribution < 1.29 is 9.21 Å². The van der Waals surface area contributed by atoms with Gasteiger partial charge in [-0.2, -0.15) is 0 Å². The van der Waals surface area contributed by atoms with E-state index < -0.39 is 0 Å². The van der Waals surface area contributed by atoms with Gasteiger partial charge in [0.25, 0.3) is 0 Å². The van der Waals surface area contributed by atoms with E-state index in [9.17, 15) is 4.79 Å². The van der Waals surface area contributed by atoms with Gasteiger partial charge in [0.1, 0.15) is 0 Å². The topological polar surface area (TPSA) is 59.2 Å². The van der Waals surface area contributed by atoms with Crippen LogP contribution in [0.5, 0.6) is 0 Å². The fraction of sp³-hybridized carbons (Fsp3) is 0.316. The van der Waals surface area contributed by atoms with Gasteiger partial charge in [0.15, 0.2) is 0 Å². The number of carbonyl (C=O) groups is 1. The van der Waals surface area contributed by atoms with E-state index in [4.69, 9.17) is 4.42 Å². The molecule has 0 N–H and O–H groups in total. The minimum Gasteiger partial charge on any atom is -0.421 e. The van der Waals surface area contributed by atoms with Crippen LogP contribution in [0, 0.1) is 6.92 Å². The summed E-state index contributed by atoms with van der Waals surface area (Å²) in [5, 5.41) is 10.2. The maximum Gasteiger partial charge on any atom is 0.247 e. The third kappa shape index (κ3) is 4.14. The molecule has 3 rings (SSSR count). The zero-order valence-corrected chi connectivity index (χ0v) is 15.4. The summed E-state index contributed by atoms with van der Waals surface area (Å²) in [6.07, 6.45) is 0.793. The number of rotatable bonds is 6. The van der Waals surface area contributed by atoms with Crippen molar-refractivity contribution in [1.82, 2.24) is 15.1 Å². The number of aryl methyl sites for hydroxylation is 2. The van der Waals surface area contributed by atoms with Gasteiger partial charge in [0.2, 0.25) is 17.7 Å². The van der Waals surface area contributed by atoms with E-state index in [0.29, 0.717) is 24.6 Å². The second-order valence-electron chi connectivity index (χ2n) is 6.06. The molecule has 1 atom stereocenters. The fourth-order valence-electron chi connectivity index (χ4n) is 2.49. The molecule has 1 unspecified atom stereocenters. The largest absolute Gasteiger partial charge is 0.421 e. The maximum absolute atomic E-state index is 12.4. The highest BCUT2D eigenvalue weighted by Gasteiger charge is 2.19. The minimum atomic E-state index is 0.0657. The van der Waals surface area contributed by atoms with Crippen LogP contribution in [0.3, 0.4) is 0 Å². The predicted octanol–water partition coefficient (Wildman–Crippen LogP) is 4.26. The average Bonchev–Trinajstić information content (AvgIpc) is 3.31. The third-order valence-corrected chi connectivity index (χ3v) is 5.29. The lowest BCUT2D eigenvalue weighted by Gasteiger charge is -2.23.